The zero-order valence-corrected chi connectivity index (χ0v) is 12.6. The summed E-state index contributed by atoms with van der Waals surface area (Å²) in [5.41, 5.74) is 4.32. The number of hydrazine groups is 1. The quantitative estimate of drug-likeness (QED) is 0.427. The van der Waals surface area contributed by atoms with E-state index < -0.39 is 0 Å². The number of hydrogen-bond acceptors (Lipinski definition) is 3. The molecule has 0 spiro atoms. The molecule has 1 aromatic rings. The maximum absolute atomic E-state index is 5.67. The molecule has 3 N–H and O–H groups in total. The third-order valence-corrected chi connectivity index (χ3v) is 4.88. The van der Waals surface area contributed by atoms with E-state index in [4.69, 9.17) is 5.84 Å². The average Bonchev–Trinajstić information content (AvgIpc) is 2.41. The highest BCUT2D eigenvalue weighted by Crippen LogP contribution is 2.24. The normalized spacial score (nSPS) is 12.9. The predicted molar refractivity (Wildman–Crippen MR) is 81.7 cm³/mol. The van der Waals surface area contributed by atoms with Crippen LogP contribution in [-0.4, -0.2) is 11.8 Å². The van der Waals surface area contributed by atoms with Gasteiger partial charge in [0.1, 0.15) is 0 Å². The van der Waals surface area contributed by atoms with Crippen LogP contribution in [0.5, 0.6) is 0 Å². The lowest BCUT2D eigenvalue weighted by molar-refractivity contribution is 0.387. The van der Waals surface area contributed by atoms with Crippen molar-refractivity contribution in [1.82, 2.24) is 5.43 Å². The molecule has 0 aromatic heterocycles. The van der Waals surface area contributed by atoms with Gasteiger partial charge in [-0.1, -0.05) is 44.9 Å². The molecular formula is C15H26N2S. The molecule has 0 saturated heterocycles. The molecule has 0 heterocycles. The Kier molecular flexibility index (Phi) is 7.40. The average molecular weight is 266 g/mol. The van der Waals surface area contributed by atoms with Crippen molar-refractivity contribution < 1.29 is 0 Å². The first-order valence-corrected chi connectivity index (χ1v) is 7.84. The van der Waals surface area contributed by atoms with Gasteiger partial charge in [0.25, 0.3) is 0 Å². The van der Waals surface area contributed by atoms with Gasteiger partial charge >= 0.3 is 0 Å². The van der Waals surface area contributed by atoms with Gasteiger partial charge < -0.3 is 0 Å². The summed E-state index contributed by atoms with van der Waals surface area (Å²) in [7, 11) is 0. The standard InChI is InChI=1S/C15H26N2S/c1-4-13(5-2)10-14(17-16)11-18-15-9-7-6-8-12(15)3/h6-9,13-14,17H,4-5,10-11,16H2,1-3H3. The van der Waals surface area contributed by atoms with Gasteiger partial charge in [0, 0.05) is 16.7 Å². The number of hydrogen-bond donors (Lipinski definition) is 2. The van der Waals surface area contributed by atoms with Gasteiger partial charge in [0.05, 0.1) is 0 Å². The monoisotopic (exact) mass is 266 g/mol. The second kappa shape index (κ2) is 8.57. The molecule has 0 aliphatic heterocycles. The number of rotatable bonds is 8. The van der Waals surface area contributed by atoms with E-state index in [1.54, 1.807) is 0 Å². The van der Waals surface area contributed by atoms with Crippen molar-refractivity contribution in [2.24, 2.45) is 11.8 Å². The minimum atomic E-state index is 0.402. The first-order valence-electron chi connectivity index (χ1n) is 6.85. The van der Waals surface area contributed by atoms with Crippen LogP contribution in [0.4, 0.5) is 0 Å². The second-order valence-corrected chi connectivity index (χ2v) is 5.92. The first-order chi connectivity index (χ1) is 8.71. The Morgan fingerprint density at radius 2 is 1.89 bits per heavy atom. The van der Waals surface area contributed by atoms with E-state index in [9.17, 15) is 0 Å². The number of nitrogens with one attached hydrogen (secondary N) is 1. The third kappa shape index (κ3) is 5.01. The molecule has 0 bridgehead atoms. The molecule has 1 rings (SSSR count). The van der Waals surface area contributed by atoms with Crippen molar-refractivity contribution in [2.45, 2.75) is 51.0 Å². The molecule has 1 unspecified atom stereocenters. The summed E-state index contributed by atoms with van der Waals surface area (Å²) >= 11 is 1.90. The Morgan fingerprint density at radius 1 is 1.22 bits per heavy atom. The van der Waals surface area contributed by atoms with Gasteiger partial charge in [-0.05, 0) is 30.9 Å². The Morgan fingerprint density at radius 3 is 2.44 bits per heavy atom. The Labute approximate surface area is 116 Å². The molecule has 18 heavy (non-hydrogen) atoms. The highest BCUT2D eigenvalue weighted by Gasteiger charge is 2.13. The molecule has 3 heteroatoms. The van der Waals surface area contributed by atoms with Crippen molar-refractivity contribution in [2.75, 3.05) is 5.75 Å². The summed E-state index contributed by atoms with van der Waals surface area (Å²) in [6.07, 6.45) is 3.65. The van der Waals surface area contributed by atoms with Gasteiger partial charge in [0.15, 0.2) is 0 Å². The molecule has 0 fully saturated rings. The lowest BCUT2D eigenvalue weighted by Gasteiger charge is -2.21. The van der Waals surface area contributed by atoms with E-state index >= 15 is 0 Å². The van der Waals surface area contributed by atoms with E-state index in [0.717, 1.165) is 11.7 Å². The molecule has 0 amide bonds. The number of aryl methyl sites for hydroxylation is 1. The van der Waals surface area contributed by atoms with E-state index in [2.05, 4.69) is 50.5 Å². The maximum Gasteiger partial charge on any atom is 0.0307 e. The Balaban J connectivity index is 2.47. The van der Waals surface area contributed by atoms with Crippen LogP contribution >= 0.6 is 11.8 Å². The highest BCUT2D eigenvalue weighted by atomic mass is 32.2. The topological polar surface area (TPSA) is 38.0 Å². The lowest BCUT2D eigenvalue weighted by Crippen LogP contribution is -2.38. The summed E-state index contributed by atoms with van der Waals surface area (Å²) in [5, 5.41) is 0. The van der Waals surface area contributed by atoms with E-state index in [0.29, 0.717) is 6.04 Å². The maximum atomic E-state index is 5.67. The summed E-state index contributed by atoms with van der Waals surface area (Å²) in [4.78, 5) is 1.36. The fourth-order valence-electron chi connectivity index (χ4n) is 2.12. The SMILES string of the molecule is CCC(CC)CC(CSc1ccccc1C)NN. The van der Waals surface area contributed by atoms with E-state index in [1.807, 2.05) is 11.8 Å². The molecule has 0 aliphatic rings. The summed E-state index contributed by atoms with van der Waals surface area (Å²) < 4.78 is 0. The molecule has 1 atom stereocenters. The van der Waals surface area contributed by atoms with Crippen LogP contribution in [0.25, 0.3) is 0 Å². The summed E-state index contributed by atoms with van der Waals surface area (Å²) in [5.74, 6) is 7.49. The molecule has 102 valence electrons. The van der Waals surface area contributed by atoms with Crippen LogP contribution in [-0.2, 0) is 0 Å². The minimum absolute atomic E-state index is 0.402. The minimum Gasteiger partial charge on any atom is -0.271 e. The summed E-state index contributed by atoms with van der Waals surface area (Å²) in [6, 6.07) is 8.93. The number of thioether (sulfide) groups is 1. The molecular weight excluding hydrogens is 240 g/mol. The zero-order valence-electron chi connectivity index (χ0n) is 11.8. The highest BCUT2D eigenvalue weighted by molar-refractivity contribution is 7.99. The van der Waals surface area contributed by atoms with Gasteiger partial charge in [-0.2, -0.15) is 0 Å². The van der Waals surface area contributed by atoms with Crippen LogP contribution in [0.1, 0.15) is 38.7 Å². The van der Waals surface area contributed by atoms with Crippen molar-refractivity contribution in [3.63, 3.8) is 0 Å². The van der Waals surface area contributed by atoms with Gasteiger partial charge in [-0.25, -0.2) is 0 Å². The van der Waals surface area contributed by atoms with Crippen LogP contribution < -0.4 is 11.3 Å². The van der Waals surface area contributed by atoms with Gasteiger partial charge in [-0.3, -0.25) is 11.3 Å². The van der Waals surface area contributed by atoms with Crippen LogP contribution in [0.3, 0.4) is 0 Å². The Hall–Kier alpha value is -0.510. The second-order valence-electron chi connectivity index (χ2n) is 4.86. The molecule has 0 radical (unpaired) electrons. The van der Waals surface area contributed by atoms with Crippen molar-refractivity contribution >= 4 is 11.8 Å². The van der Waals surface area contributed by atoms with Crippen LogP contribution in [0, 0.1) is 12.8 Å². The third-order valence-electron chi connectivity index (χ3n) is 3.54. The molecule has 2 nitrogen and oxygen atoms in total. The van der Waals surface area contributed by atoms with Gasteiger partial charge in [0.2, 0.25) is 0 Å². The summed E-state index contributed by atoms with van der Waals surface area (Å²) in [6.45, 7) is 6.68. The smallest absolute Gasteiger partial charge is 0.0307 e. The molecule has 1 aromatic carbocycles. The van der Waals surface area contributed by atoms with Crippen LogP contribution in [0.15, 0.2) is 29.2 Å². The molecule has 0 saturated carbocycles. The van der Waals surface area contributed by atoms with Crippen LogP contribution in [0.2, 0.25) is 0 Å². The van der Waals surface area contributed by atoms with Crippen molar-refractivity contribution in [3.8, 4) is 0 Å². The number of benzene rings is 1. The lowest BCUT2D eigenvalue weighted by atomic mass is 9.96. The van der Waals surface area contributed by atoms with Crippen molar-refractivity contribution in [3.05, 3.63) is 29.8 Å². The zero-order chi connectivity index (χ0) is 13.4. The Bertz CT molecular complexity index is 337. The molecule has 0 aliphatic carbocycles. The predicted octanol–water partition coefficient (Wildman–Crippen LogP) is 3.75. The van der Waals surface area contributed by atoms with E-state index in [1.165, 1.54) is 29.7 Å². The van der Waals surface area contributed by atoms with Gasteiger partial charge in [-0.15, -0.1) is 11.8 Å². The first kappa shape index (κ1) is 15.5. The fraction of sp³-hybridized carbons (Fsp3) is 0.600. The van der Waals surface area contributed by atoms with E-state index in [-0.39, 0.29) is 0 Å². The van der Waals surface area contributed by atoms with Crippen molar-refractivity contribution in [1.29, 1.82) is 0 Å². The fourth-order valence-corrected chi connectivity index (χ4v) is 3.20. The largest absolute Gasteiger partial charge is 0.271 e. The number of nitrogens with two attached hydrogens (primary N) is 1.